The number of cyclic esters (lactones) is 1. The SMILES string of the molecule is O=C(CCc1cccnc1)N1CCC2(CC1)CC(CN1CCOCC1)OC2=O. The Bertz CT molecular complexity index is 682. The molecule has 3 saturated heterocycles. The number of ether oxygens (including phenoxy) is 2. The van der Waals surface area contributed by atoms with Crippen molar-refractivity contribution >= 4 is 11.9 Å². The number of hydrogen-bond donors (Lipinski definition) is 0. The zero-order valence-electron chi connectivity index (χ0n) is 16.3. The standard InChI is InChI=1S/C21H29N3O4/c25-19(4-3-17-2-1-7-22-15-17)24-8-5-21(6-9-24)14-18(28-20(21)26)16-23-10-12-27-13-11-23/h1-2,7,15,18H,3-6,8-14,16H2. The van der Waals surface area contributed by atoms with E-state index in [1.807, 2.05) is 23.2 Å². The van der Waals surface area contributed by atoms with E-state index in [1.165, 1.54) is 0 Å². The van der Waals surface area contributed by atoms with E-state index in [4.69, 9.17) is 9.47 Å². The summed E-state index contributed by atoms with van der Waals surface area (Å²) in [5.74, 6) is 0.100. The van der Waals surface area contributed by atoms with Crippen LogP contribution in [0.15, 0.2) is 24.5 Å². The third-order valence-electron chi connectivity index (χ3n) is 6.31. The predicted octanol–water partition coefficient (Wildman–Crippen LogP) is 1.27. The van der Waals surface area contributed by atoms with Gasteiger partial charge in [-0.2, -0.15) is 0 Å². The van der Waals surface area contributed by atoms with Gasteiger partial charge in [0.15, 0.2) is 0 Å². The summed E-state index contributed by atoms with van der Waals surface area (Å²) in [6.45, 7) is 5.39. The number of aromatic nitrogens is 1. The van der Waals surface area contributed by atoms with Crippen molar-refractivity contribution in [2.24, 2.45) is 5.41 Å². The van der Waals surface area contributed by atoms with E-state index < -0.39 is 5.41 Å². The molecule has 1 spiro atoms. The Morgan fingerprint density at radius 1 is 1.21 bits per heavy atom. The zero-order valence-corrected chi connectivity index (χ0v) is 16.3. The summed E-state index contributed by atoms with van der Waals surface area (Å²) in [5.41, 5.74) is 0.687. The minimum Gasteiger partial charge on any atom is -0.461 e. The quantitative estimate of drug-likeness (QED) is 0.709. The fourth-order valence-electron chi connectivity index (χ4n) is 4.56. The lowest BCUT2D eigenvalue weighted by molar-refractivity contribution is -0.153. The average Bonchev–Trinajstić information content (AvgIpc) is 3.02. The summed E-state index contributed by atoms with van der Waals surface area (Å²) in [7, 11) is 0. The van der Waals surface area contributed by atoms with Crippen molar-refractivity contribution in [3.8, 4) is 0 Å². The summed E-state index contributed by atoms with van der Waals surface area (Å²) >= 11 is 0. The Hall–Kier alpha value is -1.99. The Morgan fingerprint density at radius 2 is 2.00 bits per heavy atom. The van der Waals surface area contributed by atoms with Crippen LogP contribution in [0.1, 0.15) is 31.2 Å². The molecule has 0 N–H and O–H groups in total. The molecule has 0 radical (unpaired) electrons. The van der Waals surface area contributed by atoms with Gasteiger partial charge in [0, 0.05) is 58.0 Å². The second-order valence-corrected chi connectivity index (χ2v) is 8.17. The smallest absolute Gasteiger partial charge is 0.312 e. The molecule has 1 unspecified atom stereocenters. The van der Waals surface area contributed by atoms with Crippen LogP contribution in [0.2, 0.25) is 0 Å². The van der Waals surface area contributed by atoms with E-state index in [-0.39, 0.29) is 18.0 Å². The maximum atomic E-state index is 12.6. The van der Waals surface area contributed by atoms with Crippen LogP contribution in [0.4, 0.5) is 0 Å². The number of amides is 1. The van der Waals surface area contributed by atoms with E-state index in [0.29, 0.717) is 38.8 Å². The second-order valence-electron chi connectivity index (χ2n) is 8.17. The molecule has 3 fully saturated rings. The van der Waals surface area contributed by atoms with Crippen molar-refractivity contribution in [3.63, 3.8) is 0 Å². The Kier molecular flexibility index (Phi) is 5.92. The molecule has 1 aromatic rings. The molecule has 0 bridgehead atoms. The van der Waals surface area contributed by atoms with Gasteiger partial charge in [0.1, 0.15) is 6.10 Å². The van der Waals surface area contributed by atoms with Crippen LogP contribution < -0.4 is 0 Å². The van der Waals surface area contributed by atoms with Crippen LogP contribution in [-0.2, 0) is 25.5 Å². The Balaban J connectivity index is 1.25. The monoisotopic (exact) mass is 387 g/mol. The average molecular weight is 387 g/mol. The molecule has 4 rings (SSSR count). The first-order valence-electron chi connectivity index (χ1n) is 10.3. The molecule has 3 aliphatic heterocycles. The molecule has 0 saturated carbocycles. The van der Waals surface area contributed by atoms with E-state index in [9.17, 15) is 9.59 Å². The van der Waals surface area contributed by atoms with Gasteiger partial charge in [-0.15, -0.1) is 0 Å². The van der Waals surface area contributed by atoms with Gasteiger partial charge in [-0.3, -0.25) is 19.5 Å². The van der Waals surface area contributed by atoms with Crippen molar-refractivity contribution in [2.45, 2.75) is 38.2 Å². The summed E-state index contributed by atoms with van der Waals surface area (Å²) in [4.78, 5) is 33.5. The summed E-state index contributed by atoms with van der Waals surface area (Å²) in [6.07, 6.45) is 6.92. The highest BCUT2D eigenvalue weighted by atomic mass is 16.6. The van der Waals surface area contributed by atoms with Gasteiger partial charge >= 0.3 is 5.97 Å². The molecule has 4 heterocycles. The lowest BCUT2D eigenvalue weighted by Gasteiger charge is -2.36. The van der Waals surface area contributed by atoms with E-state index in [2.05, 4.69) is 9.88 Å². The van der Waals surface area contributed by atoms with Gasteiger partial charge in [0.2, 0.25) is 5.91 Å². The highest BCUT2D eigenvalue weighted by Crippen LogP contribution is 2.43. The topological polar surface area (TPSA) is 72.0 Å². The number of morpholine rings is 1. The number of rotatable bonds is 5. The van der Waals surface area contributed by atoms with Gasteiger partial charge in [0.25, 0.3) is 0 Å². The number of aryl methyl sites for hydroxylation is 1. The molecule has 7 heteroatoms. The Labute approximate surface area is 166 Å². The van der Waals surface area contributed by atoms with Crippen molar-refractivity contribution in [1.29, 1.82) is 0 Å². The zero-order chi connectivity index (χ0) is 19.4. The number of pyridine rings is 1. The first kappa shape index (κ1) is 19.3. The summed E-state index contributed by atoms with van der Waals surface area (Å²) in [6, 6.07) is 3.89. The van der Waals surface area contributed by atoms with Crippen LogP contribution in [0.5, 0.6) is 0 Å². The van der Waals surface area contributed by atoms with Crippen LogP contribution in [-0.4, -0.2) is 78.7 Å². The van der Waals surface area contributed by atoms with Gasteiger partial charge < -0.3 is 14.4 Å². The first-order chi connectivity index (χ1) is 13.6. The lowest BCUT2D eigenvalue weighted by atomic mass is 9.76. The predicted molar refractivity (Wildman–Crippen MR) is 103 cm³/mol. The second kappa shape index (κ2) is 8.57. The largest absolute Gasteiger partial charge is 0.461 e. The third-order valence-corrected chi connectivity index (χ3v) is 6.31. The van der Waals surface area contributed by atoms with Crippen LogP contribution in [0.3, 0.4) is 0 Å². The fraction of sp³-hybridized carbons (Fsp3) is 0.667. The number of piperidine rings is 1. The van der Waals surface area contributed by atoms with Crippen molar-refractivity contribution in [2.75, 3.05) is 45.9 Å². The van der Waals surface area contributed by atoms with Crippen molar-refractivity contribution in [3.05, 3.63) is 30.1 Å². The number of nitrogens with zero attached hydrogens (tertiary/aromatic N) is 3. The molecular weight excluding hydrogens is 358 g/mol. The summed E-state index contributed by atoms with van der Waals surface area (Å²) < 4.78 is 11.1. The van der Waals surface area contributed by atoms with E-state index in [1.54, 1.807) is 6.20 Å². The third kappa shape index (κ3) is 4.36. The molecule has 28 heavy (non-hydrogen) atoms. The normalized spacial score (nSPS) is 25.1. The van der Waals surface area contributed by atoms with Crippen LogP contribution >= 0.6 is 0 Å². The van der Waals surface area contributed by atoms with Crippen molar-refractivity contribution < 1.29 is 19.1 Å². The number of hydrogen-bond acceptors (Lipinski definition) is 6. The minimum atomic E-state index is -0.392. The molecule has 3 aliphatic rings. The minimum absolute atomic E-state index is 0.0292. The van der Waals surface area contributed by atoms with Crippen LogP contribution in [0, 0.1) is 5.41 Å². The van der Waals surface area contributed by atoms with Gasteiger partial charge in [-0.05, 0) is 30.9 Å². The van der Waals surface area contributed by atoms with Gasteiger partial charge in [-0.25, -0.2) is 0 Å². The number of esters is 1. The molecule has 152 valence electrons. The lowest BCUT2D eigenvalue weighted by Crippen LogP contribution is -2.45. The summed E-state index contributed by atoms with van der Waals surface area (Å²) in [5, 5.41) is 0. The molecule has 0 aliphatic carbocycles. The van der Waals surface area contributed by atoms with E-state index in [0.717, 1.165) is 44.8 Å². The molecule has 1 amide bonds. The van der Waals surface area contributed by atoms with Crippen molar-refractivity contribution in [1.82, 2.24) is 14.8 Å². The first-order valence-corrected chi connectivity index (χ1v) is 10.3. The molecular formula is C21H29N3O4. The van der Waals surface area contributed by atoms with Crippen LogP contribution in [0.25, 0.3) is 0 Å². The van der Waals surface area contributed by atoms with Gasteiger partial charge in [-0.1, -0.05) is 6.07 Å². The molecule has 1 atom stereocenters. The number of carbonyl (C=O) groups is 2. The number of likely N-dealkylation sites (tertiary alicyclic amines) is 1. The maximum Gasteiger partial charge on any atom is 0.312 e. The Morgan fingerprint density at radius 3 is 2.71 bits per heavy atom. The maximum absolute atomic E-state index is 12.6. The van der Waals surface area contributed by atoms with E-state index >= 15 is 0 Å². The highest BCUT2D eigenvalue weighted by Gasteiger charge is 2.51. The molecule has 1 aromatic heterocycles. The molecule has 0 aromatic carbocycles. The number of carbonyl (C=O) groups excluding carboxylic acids is 2. The van der Waals surface area contributed by atoms with Gasteiger partial charge in [0.05, 0.1) is 18.6 Å². The highest BCUT2D eigenvalue weighted by molar-refractivity contribution is 5.80. The molecule has 7 nitrogen and oxygen atoms in total. The fourth-order valence-corrected chi connectivity index (χ4v) is 4.56.